The Morgan fingerprint density at radius 1 is 1.25 bits per heavy atom. The third-order valence-corrected chi connectivity index (χ3v) is 6.05. The average Bonchev–Trinajstić information content (AvgIpc) is 3.19. The van der Waals surface area contributed by atoms with E-state index >= 15 is 4.39 Å². The molecule has 2 aromatic heterocycles. The molecule has 0 unspecified atom stereocenters. The normalized spacial score (nSPS) is 17.6. The molecular weight excluding hydrogens is 407 g/mol. The van der Waals surface area contributed by atoms with E-state index in [0.717, 1.165) is 11.1 Å². The fourth-order valence-electron chi connectivity index (χ4n) is 4.52. The van der Waals surface area contributed by atoms with Gasteiger partial charge >= 0.3 is 0 Å². The van der Waals surface area contributed by atoms with Crippen LogP contribution in [-0.2, 0) is 13.6 Å². The number of nitrogens with two attached hydrogens (primary N) is 1. The van der Waals surface area contributed by atoms with Gasteiger partial charge in [0.05, 0.1) is 40.9 Å². The van der Waals surface area contributed by atoms with Crippen LogP contribution < -0.4 is 11.3 Å². The lowest BCUT2D eigenvalue weighted by atomic mass is 9.76. The minimum atomic E-state index is -0.806. The van der Waals surface area contributed by atoms with E-state index in [9.17, 15) is 10.1 Å². The topological polar surface area (TPSA) is 113 Å². The van der Waals surface area contributed by atoms with Crippen molar-refractivity contribution in [3.05, 3.63) is 87.4 Å². The number of fused-ring (bicyclic) bond motifs is 2. The number of aromatic amines is 1. The molecule has 0 amide bonds. The van der Waals surface area contributed by atoms with Crippen molar-refractivity contribution in [1.29, 1.82) is 5.26 Å². The summed E-state index contributed by atoms with van der Waals surface area (Å²) in [4.78, 5) is 12.2. The highest BCUT2D eigenvalue weighted by Crippen LogP contribution is 2.47. The van der Waals surface area contributed by atoms with Gasteiger partial charge in [-0.05, 0) is 34.9 Å². The van der Waals surface area contributed by atoms with Crippen molar-refractivity contribution in [2.75, 3.05) is 0 Å². The van der Waals surface area contributed by atoms with Crippen LogP contribution in [0.1, 0.15) is 34.4 Å². The number of aromatic nitrogens is 4. The molecular formula is C24H19FN6O. The molecule has 0 spiro atoms. The summed E-state index contributed by atoms with van der Waals surface area (Å²) in [5.41, 5.74) is 9.57. The lowest BCUT2D eigenvalue weighted by Gasteiger charge is -2.27. The molecule has 2 aromatic carbocycles. The molecule has 4 aromatic rings. The van der Waals surface area contributed by atoms with Crippen molar-refractivity contribution < 1.29 is 4.39 Å². The highest BCUT2D eigenvalue weighted by molar-refractivity contribution is 5.88. The minimum absolute atomic E-state index is 0.157. The van der Waals surface area contributed by atoms with E-state index in [4.69, 9.17) is 5.73 Å². The van der Waals surface area contributed by atoms with Crippen LogP contribution in [-0.4, -0.2) is 20.0 Å². The van der Waals surface area contributed by atoms with Gasteiger partial charge in [0.2, 0.25) is 0 Å². The van der Waals surface area contributed by atoms with Crippen molar-refractivity contribution in [2.45, 2.75) is 18.4 Å². The molecule has 3 N–H and O–H groups in total. The first-order valence-electron chi connectivity index (χ1n) is 10.1. The van der Waals surface area contributed by atoms with Gasteiger partial charge in [-0.15, -0.1) is 0 Å². The largest absolute Gasteiger partial charge is 0.325 e. The SMILES string of the molecule is Cn1ncc(-c2ccc3c(=O)[nH]nc(CN)c3c2)c1[C@@H]1C(F)=Cc2ccccc2[C@H]1C#N. The van der Waals surface area contributed by atoms with E-state index in [0.29, 0.717) is 33.3 Å². The standard InChI is InChI=1S/C24H19FN6O/c1-31-23(22-18(10-26)15-5-3-2-4-13(15)9-20(22)25)19(12-28-31)14-6-7-16-17(8-14)21(11-27)29-30-24(16)32/h2-9,12,18,22H,11,27H2,1H3,(H,30,32)/t18-,22+/m1/s1. The monoisotopic (exact) mass is 426 g/mol. The Labute approximate surface area is 182 Å². The molecule has 0 aliphatic heterocycles. The van der Waals surface area contributed by atoms with Crippen molar-refractivity contribution in [2.24, 2.45) is 12.8 Å². The molecule has 7 nitrogen and oxygen atoms in total. The van der Waals surface area contributed by atoms with Crippen LogP contribution in [0.5, 0.6) is 0 Å². The summed E-state index contributed by atoms with van der Waals surface area (Å²) in [5.74, 6) is -1.89. The highest BCUT2D eigenvalue weighted by atomic mass is 19.1. The number of nitrogens with one attached hydrogen (secondary N) is 1. The van der Waals surface area contributed by atoms with Crippen molar-refractivity contribution in [3.8, 4) is 17.2 Å². The first-order valence-corrected chi connectivity index (χ1v) is 10.1. The van der Waals surface area contributed by atoms with E-state index in [-0.39, 0.29) is 17.9 Å². The van der Waals surface area contributed by atoms with Gasteiger partial charge in [-0.2, -0.15) is 15.5 Å². The number of benzene rings is 2. The number of H-pyrrole nitrogens is 1. The van der Waals surface area contributed by atoms with E-state index in [1.807, 2.05) is 30.3 Å². The van der Waals surface area contributed by atoms with Crippen molar-refractivity contribution in [1.82, 2.24) is 20.0 Å². The number of aryl methyl sites for hydroxylation is 1. The Hall–Kier alpha value is -4.09. The van der Waals surface area contributed by atoms with Crippen LogP contribution in [0.4, 0.5) is 4.39 Å². The van der Waals surface area contributed by atoms with Gasteiger partial charge in [0, 0.05) is 24.5 Å². The van der Waals surface area contributed by atoms with Crippen LogP contribution in [0.3, 0.4) is 0 Å². The Balaban J connectivity index is 1.72. The van der Waals surface area contributed by atoms with Crippen molar-refractivity contribution >= 4 is 16.8 Å². The summed E-state index contributed by atoms with van der Waals surface area (Å²) in [6.45, 7) is 0.157. The lowest BCUT2D eigenvalue weighted by molar-refractivity contribution is 0.497. The number of allylic oxidation sites excluding steroid dienone is 1. The summed E-state index contributed by atoms with van der Waals surface area (Å²) < 4.78 is 17.0. The third kappa shape index (κ3) is 2.94. The zero-order valence-electron chi connectivity index (χ0n) is 17.2. The first-order chi connectivity index (χ1) is 15.5. The molecule has 0 fully saturated rings. The van der Waals surface area contributed by atoms with Crippen LogP contribution >= 0.6 is 0 Å². The van der Waals surface area contributed by atoms with E-state index < -0.39 is 11.8 Å². The van der Waals surface area contributed by atoms with Gasteiger partial charge in [0.15, 0.2) is 0 Å². The molecule has 2 heterocycles. The Morgan fingerprint density at radius 2 is 2.06 bits per heavy atom. The maximum atomic E-state index is 15.4. The molecule has 5 rings (SSSR count). The molecule has 8 heteroatoms. The van der Waals surface area contributed by atoms with Crippen LogP contribution in [0.2, 0.25) is 0 Å². The lowest BCUT2D eigenvalue weighted by Crippen LogP contribution is -2.19. The van der Waals surface area contributed by atoms with Gasteiger partial charge < -0.3 is 5.73 Å². The zero-order valence-corrected chi connectivity index (χ0v) is 17.2. The number of hydrogen-bond acceptors (Lipinski definition) is 5. The van der Waals surface area contributed by atoms with Crippen LogP contribution in [0, 0.1) is 11.3 Å². The van der Waals surface area contributed by atoms with Gasteiger partial charge in [-0.25, -0.2) is 9.49 Å². The minimum Gasteiger partial charge on any atom is -0.325 e. The molecule has 0 radical (unpaired) electrons. The molecule has 1 aliphatic carbocycles. The smallest absolute Gasteiger partial charge is 0.272 e. The Bertz CT molecular complexity index is 1490. The fraction of sp³-hybridized carbons (Fsp3) is 0.167. The second-order valence-electron chi connectivity index (χ2n) is 7.77. The molecule has 0 bridgehead atoms. The number of hydrogen-bond donors (Lipinski definition) is 2. The molecule has 158 valence electrons. The summed E-state index contributed by atoms with van der Waals surface area (Å²) >= 11 is 0. The van der Waals surface area contributed by atoms with Crippen LogP contribution in [0.15, 0.2) is 59.3 Å². The predicted octanol–water partition coefficient (Wildman–Crippen LogP) is 3.50. The summed E-state index contributed by atoms with van der Waals surface area (Å²) in [6, 6.07) is 14.9. The van der Waals surface area contributed by atoms with Gasteiger partial charge in [-0.3, -0.25) is 9.48 Å². The fourth-order valence-corrected chi connectivity index (χ4v) is 4.52. The Kier molecular flexibility index (Phi) is 4.68. The van der Waals surface area contributed by atoms with E-state index in [2.05, 4.69) is 21.4 Å². The maximum absolute atomic E-state index is 15.4. The second kappa shape index (κ2) is 7.55. The van der Waals surface area contributed by atoms with Gasteiger partial charge in [0.25, 0.3) is 5.56 Å². The third-order valence-electron chi connectivity index (χ3n) is 6.05. The maximum Gasteiger partial charge on any atom is 0.272 e. The molecule has 0 saturated heterocycles. The second-order valence-corrected chi connectivity index (χ2v) is 7.77. The molecule has 2 atom stereocenters. The molecule has 32 heavy (non-hydrogen) atoms. The van der Waals surface area contributed by atoms with Crippen LogP contribution in [0.25, 0.3) is 28.0 Å². The number of rotatable bonds is 3. The van der Waals surface area contributed by atoms with Gasteiger partial charge in [-0.1, -0.05) is 30.3 Å². The Morgan fingerprint density at radius 3 is 2.84 bits per heavy atom. The summed E-state index contributed by atoms with van der Waals surface area (Å²) in [6.07, 6.45) is 3.14. The average molecular weight is 426 g/mol. The van der Waals surface area contributed by atoms with E-state index in [1.165, 1.54) is 6.08 Å². The number of nitrogens with zero attached hydrogens (tertiary/aromatic N) is 4. The zero-order chi connectivity index (χ0) is 22.4. The summed E-state index contributed by atoms with van der Waals surface area (Å²) in [5, 5.41) is 22.0. The summed E-state index contributed by atoms with van der Waals surface area (Å²) in [7, 11) is 1.74. The van der Waals surface area contributed by atoms with Gasteiger partial charge in [0.1, 0.15) is 5.83 Å². The quantitative estimate of drug-likeness (QED) is 0.521. The molecule has 1 aliphatic rings. The molecule has 0 saturated carbocycles. The highest BCUT2D eigenvalue weighted by Gasteiger charge is 2.37. The predicted molar refractivity (Wildman–Crippen MR) is 119 cm³/mol. The number of halogens is 1. The van der Waals surface area contributed by atoms with Crippen molar-refractivity contribution in [3.63, 3.8) is 0 Å². The number of nitriles is 1. The van der Waals surface area contributed by atoms with E-state index in [1.54, 1.807) is 30.1 Å². The first kappa shape index (κ1) is 19.8.